The fourth-order valence-electron chi connectivity index (χ4n) is 2.01. The van der Waals surface area contributed by atoms with Crippen LogP contribution in [0.1, 0.15) is 21.6 Å². The summed E-state index contributed by atoms with van der Waals surface area (Å²) in [5.74, 6) is -2.96. The molecule has 0 bridgehead atoms. The third-order valence-corrected chi connectivity index (χ3v) is 3.16. The Morgan fingerprint density at radius 3 is 2.67 bits per heavy atom. The van der Waals surface area contributed by atoms with Gasteiger partial charge in [-0.05, 0) is 17.7 Å². The van der Waals surface area contributed by atoms with Gasteiger partial charge >= 0.3 is 6.18 Å². The van der Waals surface area contributed by atoms with Gasteiger partial charge in [0.1, 0.15) is 5.82 Å². The predicted octanol–water partition coefficient (Wildman–Crippen LogP) is 1.91. The molecule has 0 saturated carbocycles. The van der Waals surface area contributed by atoms with Crippen molar-refractivity contribution < 1.29 is 27.5 Å². The fraction of sp³-hybridized carbons (Fsp3) is 0.214. The lowest BCUT2D eigenvalue weighted by Gasteiger charge is -2.20. The number of rotatable bonds is 3. The van der Waals surface area contributed by atoms with E-state index in [1.807, 2.05) is 4.98 Å². The van der Waals surface area contributed by atoms with Gasteiger partial charge in [-0.25, -0.2) is 9.37 Å². The van der Waals surface area contributed by atoms with Gasteiger partial charge in [0.05, 0.1) is 11.9 Å². The Hall–Kier alpha value is -2.91. The molecule has 0 radical (unpaired) electrons. The number of hydrogen-bond acceptors (Lipinski definition) is 4. The summed E-state index contributed by atoms with van der Waals surface area (Å²) in [5, 5.41) is 9.52. The molecule has 0 spiro atoms. The first kappa shape index (κ1) is 17.4. The lowest BCUT2D eigenvalue weighted by molar-refractivity contribution is -0.138. The van der Waals surface area contributed by atoms with E-state index in [0.29, 0.717) is 6.07 Å². The highest BCUT2D eigenvalue weighted by atomic mass is 19.4. The van der Waals surface area contributed by atoms with E-state index in [0.717, 1.165) is 30.4 Å². The molecule has 1 heterocycles. The Kier molecular flexibility index (Phi) is 4.58. The van der Waals surface area contributed by atoms with E-state index in [2.05, 4.69) is 4.98 Å². The number of halogens is 4. The Balaban J connectivity index is 2.33. The van der Waals surface area contributed by atoms with Crippen LogP contribution < -0.4 is 5.56 Å². The summed E-state index contributed by atoms with van der Waals surface area (Å²) in [7, 11) is 1.16. The monoisotopic (exact) mass is 345 g/mol. The van der Waals surface area contributed by atoms with E-state index < -0.39 is 47.0 Å². The average molecular weight is 345 g/mol. The van der Waals surface area contributed by atoms with Crippen molar-refractivity contribution in [1.29, 1.82) is 0 Å². The van der Waals surface area contributed by atoms with Crippen LogP contribution in [-0.2, 0) is 12.7 Å². The maximum absolute atomic E-state index is 13.1. The van der Waals surface area contributed by atoms with Gasteiger partial charge in [-0.3, -0.25) is 9.59 Å². The number of H-pyrrole nitrogens is 1. The minimum atomic E-state index is -4.80. The number of aromatic amines is 1. The second kappa shape index (κ2) is 6.30. The Bertz CT molecular complexity index is 833. The molecular formula is C14H11F4N3O3. The van der Waals surface area contributed by atoms with Crippen LogP contribution >= 0.6 is 0 Å². The van der Waals surface area contributed by atoms with Crippen molar-refractivity contribution in [2.75, 3.05) is 7.05 Å². The number of benzene rings is 1. The number of nitrogens with zero attached hydrogens (tertiary/aromatic N) is 2. The zero-order valence-electron chi connectivity index (χ0n) is 12.2. The molecule has 1 amide bonds. The zero-order chi connectivity index (χ0) is 18.1. The summed E-state index contributed by atoms with van der Waals surface area (Å²) in [4.78, 5) is 29.8. The molecule has 2 rings (SSSR count). The number of alkyl halides is 3. The number of aromatic hydroxyl groups is 1. The van der Waals surface area contributed by atoms with Gasteiger partial charge < -0.3 is 15.0 Å². The highest BCUT2D eigenvalue weighted by Gasteiger charge is 2.34. The molecule has 0 aliphatic carbocycles. The van der Waals surface area contributed by atoms with Gasteiger partial charge in [-0.15, -0.1) is 0 Å². The number of aromatic nitrogens is 2. The van der Waals surface area contributed by atoms with Crippen molar-refractivity contribution in [2.24, 2.45) is 0 Å². The summed E-state index contributed by atoms with van der Waals surface area (Å²) >= 11 is 0. The van der Waals surface area contributed by atoms with Crippen LogP contribution in [0.3, 0.4) is 0 Å². The van der Waals surface area contributed by atoms with E-state index in [9.17, 15) is 32.3 Å². The molecule has 2 N–H and O–H groups in total. The molecule has 0 atom stereocenters. The molecule has 6 nitrogen and oxygen atoms in total. The summed E-state index contributed by atoms with van der Waals surface area (Å²) in [6, 6.07) is 2.08. The molecule has 0 aliphatic rings. The van der Waals surface area contributed by atoms with E-state index in [4.69, 9.17) is 0 Å². The van der Waals surface area contributed by atoms with Gasteiger partial charge in [0.15, 0.2) is 5.69 Å². The number of hydrogen-bond donors (Lipinski definition) is 2. The smallest absolute Gasteiger partial charge is 0.416 e. The summed E-state index contributed by atoms with van der Waals surface area (Å²) < 4.78 is 51.9. The van der Waals surface area contributed by atoms with Crippen LogP contribution in [0.5, 0.6) is 5.75 Å². The first-order valence-corrected chi connectivity index (χ1v) is 6.49. The first-order chi connectivity index (χ1) is 11.1. The third-order valence-electron chi connectivity index (χ3n) is 3.16. The standard InChI is InChI=1S/C14H11F4N3O3/c1-21(13(24)10-11(22)12(23)20-6-19-10)5-7-2-3-8(15)4-9(7)14(16,17)18/h2-4,6,22H,5H2,1H3,(H,19,20,23). The number of carbonyl (C=O) groups is 1. The van der Waals surface area contributed by atoms with Gasteiger partial charge in [0, 0.05) is 13.6 Å². The van der Waals surface area contributed by atoms with E-state index in [-0.39, 0.29) is 5.56 Å². The molecule has 10 heteroatoms. The van der Waals surface area contributed by atoms with Crippen molar-refractivity contribution in [3.63, 3.8) is 0 Å². The van der Waals surface area contributed by atoms with Crippen molar-refractivity contribution in [3.05, 3.63) is 57.5 Å². The van der Waals surface area contributed by atoms with Gasteiger partial charge in [0.2, 0.25) is 5.75 Å². The molecule has 0 unspecified atom stereocenters. The lowest BCUT2D eigenvalue weighted by Crippen LogP contribution is -2.29. The zero-order valence-corrected chi connectivity index (χ0v) is 12.2. The summed E-state index contributed by atoms with van der Waals surface area (Å²) in [6.45, 7) is -0.526. The predicted molar refractivity (Wildman–Crippen MR) is 73.7 cm³/mol. The fourth-order valence-corrected chi connectivity index (χ4v) is 2.01. The van der Waals surface area contributed by atoms with E-state index in [1.54, 1.807) is 0 Å². The summed E-state index contributed by atoms with van der Waals surface area (Å²) in [5.41, 5.74) is -3.12. The molecule has 2 aromatic rings. The molecule has 1 aromatic heterocycles. The maximum atomic E-state index is 13.1. The van der Waals surface area contributed by atoms with Crippen LogP contribution in [-0.4, -0.2) is 32.9 Å². The molecule has 0 saturated heterocycles. The van der Waals surface area contributed by atoms with Crippen molar-refractivity contribution in [3.8, 4) is 5.75 Å². The van der Waals surface area contributed by atoms with Crippen molar-refractivity contribution in [1.82, 2.24) is 14.9 Å². The van der Waals surface area contributed by atoms with Crippen LogP contribution in [0.2, 0.25) is 0 Å². The van der Waals surface area contributed by atoms with Crippen LogP contribution in [0, 0.1) is 5.82 Å². The first-order valence-electron chi connectivity index (χ1n) is 6.49. The van der Waals surface area contributed by atoms with Gasteiger partial charge in [-0.1, -0.05) is 6.07 Å². The summed E-state index contributed by atoms with van der Waals surface area (Å²) in [6.07, 6.45) is -3.92. The highest BCUT2D eigenvalue weighted by Crippen LogP contribution is 2.33. The second-order valence-corrected chi connectivity index (χ2v) is 4.89. The van der Waals surface area contributed by atoms with Crippen LogP contribution in [0.15, 0.2) is 29.3 Å². The number of carbonyl (C=O) groups excluding carboxylic acids is 1. The second-order valence-electron chi connectivity index (χ2n) is 4.89. The quantitative estimate of drug-likeness (QED) is 0.832. The van der Waals surface area contributed by atoms with E-state index >= 15 is 0 Å². The molecular weight excluding hydrogens is 334 g/mol. The molecule has 0 fully saturated rings. The lowest BCUT2D eigenvalue weighted by atomic mass is 10.1. The molecule has 1 aromatic carbocycles. The Morgan fingerprint density at radius 2 is 2.04 bits per heavy atom. The maximum Gasteiger partial charge on any atom is 0.416 e. The van der Waals surface area contributed by atoms with Crippen molar-refractivity contribution in [2.45, 2.75) is 12.7 Å². The third kappa shape index (κ3) is 3.53. The Labute approximate surface area is 132 Å². The number of amides is 1. The Morgan fingerprint density at radius 1 is 1.38 bits per heavy atom. The number of nitrogens with one attached hydrogen (secondary N) is 1. The minimum Gasteiger partial charge on any atom is -0.501 e. The SMILES string of the molecule is CN(Cc1ccc(F)cc1C(F)(F)F)C(=O)c1nc[nH]c(=O)c1O. The van der Waals surface area contributed by atoms with E-state index in [1.165, 1.54) is 0 Å². The van der Waals surface area contributed by atoms with Gasteiger partial charge in [-0.2, -0.15) is 13.2 Å². The molecule has 24 heavy (non-hydrogen) atoms. The van der Waals surface area contributed by atoms with Crippen LogP contribution in [0.4, 0.5) is 17.6 Å². The average Bonchev–Trinajstić information content (AvgIpc) is 2.50. The van der Waals surface area contributed by atoms with Crippen LogP contribution in [0.25, 0.3) is 0 Å². The van der Waals surface area contributed by atoms with Gasteiger partial charge in [0.25, 0.3) is 11.5 Å². The highest BCUT2D eigenvalue weighted by molar-refractivity contribution is 5.94. The normalized spacial score (nSPS) is 11.4. The largest absolute Gasteiger partial charge is 0.501 e. The molecule has 0 aliphatic heterocycles. The minimum absolute atomic E-state index is 0.330. The molecule has 128 valence electrons. The topological polar surface area (TPSA) is 86.3 Å². The van der Waals surface area contributed by atoms with Crippen molar-refractivity contribution >= 4 is 5.91 Å².